The number of aromatic nitrogens is 1. The van der Waals surface area contributed by atoms with Gasteiger partial charge in [0.2, 0.25) is 0 Å². The zero-order valence-corrected chi connectivity index (χ0v) is 11.7. The third-order valence-corrected chi connectivity index (χ3v) is 2.98. The van der Waals surface area contributed by atoms with E-state index >= 15 is 0 Å². The fourth-order valence-electron chi connectivity index (χ4n) is 2.20. The molecule has 1 aromatic heterocycles. The van der Waals surface area contributed by atoms with Crippen LogP contribution in [0.15, 0.2) is 22.7 Å². The summed E-state index contributed by atoms with van der Waals surface area (Å²) in [6, 6.07) is 5.92. The van der Waals surface area contributed by atoms with Gasteiger partial charge in [0, 0.05) is 13.1 Å². The largest absolute Gasteiger partial charge is 0.494 e. The molecule has 1 heterocycles. The van der Waals surface area contributed by atoms with Gasteiger partial charge in [-0.1, -0.05) is 11.2 Å². The van der Waals surface area contributed by atoms with Gasteiger partial charge in [0.1, 0.15) is 5.75 Å². The lowest BCUT2D eigenvalue weighted by atomic mass is 10.1. The molecule has 0 fully saturated rings. The maximum absolute atomic E-state index is 5.55. The lowest BCUT2D eigenvalue weighted by Gasteiger charge is -2.22. The van der Waals surface area contributed by atoms with Crippen LogP contribution in [0.2, 0.25) is 0 Å². The first-order valence-electron chi connectivity index (χ1n) is 6.08. The van der Waals surface area contributed by atoms with Crippen molar-refractivity contribution in [1.82, 2.24) is 5.16 Å². The number of anilines is 2. The smallest absolute Gasteiger partial charge is 0.167 e. The third-order valence-electron chi connectivity index (χ3n) is 2.98. The summed E-state index contributed by atoms with van der Waals surface area (Å²) >= 11 is 0. The molecule has 0 aliphatic rings. The van der Waals surface area contributed by atoms with Crippen molar-refractivity contribution in [3.05, 3.63) is 35.1 Å². The Kier molecular flexibility index (Phi) is 3.64. The fraction of sp³-hybridized carbons (Fsp3) is 0.357. The van der Waals surface area contributed by atoms with Crippen LogP contribution in [-0.4, -0.2) is 19.3 Å². The molecular weight excluding hydrogens is 242 g/mol. The van der Waals surface area contributed by atoms with E-state index in [1.165, 1.54) is 5.56 Å². The average Bonchev–Trinajstić information content (AvgIpc) is 2.73. The molecular formula is C14H19N3O2. The minimum absolute atomic E-state index is 0.399. The number of methoxy groups -OCH3 is 1. The van der Waals surface area contributed by atoms with Crippen LogP contribution in [0.4, 0.5) is 11.5 Å². The van der Waals surface area contributed by atoms with Crippen molar-refractivity contribution in [2.75, 3.05) is 24.8 Å². The van der Waals surface area contributed by atoms with E-state index in [0.717, 1.165) is 22.8 Å². The summed E-state index contributed by atoms with van der Waals surface area (Å²) in [6.45, 7) is 4.69. The van der Waals surface area contributed by atoms with Crippen LogP contribution in [0.5, 0.6) is 5.75 Å². The maximum atomic E-state index is 5.55. The number of hydrogen-bond acceptors (Lipinski definition) is 5. The van der Waals surface area contributed by atoms with E-state index in [4.69, 9.17) is 15.0 Å². The monoisotopic (exact) mass is 261 g/mol. The van der Waals surface area contributed by atoms with Gasteiger partial charge in [-0.05, 0) is 31.0 Å². The van der Waals surface area contributed by atoms with E-state index in [9.17, 15) is 0 Å². The normalized spacial score (nSPS) is 10.5. The molecule has 0 amide bonds. The molecule has 102 valence electrons. The second-order valence-electron chi connectivity index (χ2n) is 4.71. The zero-order valence-electron chi connectivity index (χ0n) is 11.7. The lowest BCUT2D eigenvalue weighted by Crippen LogP contribution is -2.17. The SMILES string of the molecule is COc1c(C)cc(C)cc1N(C)Cc1cc(N)no1. The van der Waals surface area contributed by atoms with Gasteiger partial charge in [0.25, 0.3) is 0 Å². The van der Waals surface area contributed by atoms with Crippen molar-refractivity contribution in [2.45, 2.75) is 20.4 Å². The van der Waals surface area contributed by atoms with E-state index in [1.807, 2.05) is 14.0 Å². The molecule has 1 aromatic carbocycles. The lowest BCUT2D eigenvalue weighted by molar-refractivity contribution is 0.383. The topological polar surface area (TPSA) is 64.5 Å². The Morgan fingerprint density at radius 3 is 2.63 bits per heavy atom. The molecule has 5 heteroatoms. The molecule has 0 aliphatic carbocycles. The number of benzene rings is 1. The molecule has 0 atom stereocenters. The summed E-state index contributed by atoms with van der Waals surface area (Å²) in [7, 11) is 3.66. The number of ether oxygens (including phenoxy) is 1. The van der Waals surface area contributed by atoms with Gasteiger partial charge < -0.3 is 19.9 Å². The quantitative estimate of drug-likeness (QED) is 0.916. The molecule has 0 radical (unpaired) electrons. The highest BCUT2D eigenvalue weighted by Gasteiger charge is 2.13. The predicted molar refractivity (Wildman–Crippen MR) is 75.5 cm³/mol. The molecule has 2 aromatic rings. The highest BCUT2D eigenvalue weighted by atomic mass is 16.5. The molecule has 0 spiro atoms. The first kappa shape index (κ1) is 13.3. The summed E-state index contributed by atoms with van der Waals surface area (Å²) in [5, 5.41) is 3.69. The third kappa shape index (κ3) is 2.81. The standard InChI is InChI=1S/C14H19N3O2/c1-9-5-10(2)14(18-4)12(6-9)17(3)8-11-7-13(15)16-19-11/h5-7H,8H2,1-4H3,(H2,15,16). The zero-order chi connectivity index (χ0) is 14.0. The summed E-state index contributed by atoms with van der Waals surface area (Å²) in [5.41, 5.74) is 8.88. The van der Waals surface area contributed by atoms with Crippen molar-refractivity contribution in [2.24, 2.45) is 0 Å². The Morgan fingerprint density at radius 1 is 1.32 bits per heavy atom. The summed E-state index contributed by atoms with van der Waals surface area (Å²) in [4.78, 5) is 2.05. The van der Waals surface area contributed by atoms with E-state index in [1.54, 1.807) is 13.2 Å². The van der Waals surface area contributed by atoms with Gasteiger partial charge in [0.05, 0.1) is 19.3 Å². The Hall–Kier alpha value is -2.17. The van der Waals surface area contributed by atoms with Gasteiger partial charge in [-0.25, -0.2) is 0 Å². The van der Waals surface area contributed by atoms with E-state index in [2.05, 4.69) is 29.1 Å². The van der Waals surface area contributed by atoms with Crippen LogP contribution in [0.1, 0.15) is 16.9 Å². The van der Waals surface area contributed by atoms with Gasteiger partial charge in [-0.15, -0.1) is 0 Å². The Labute approximate surface area is 112 Å². The molecule has 0 aliphatic heterocycles. The van der Waals surface area contributed by atoms with E-state index in [0.29, 0.717) is 12.4 Å². The van der Waals surface area contributed by atoms with Gasteiger partial charge in [-0.2, -0.15) is 0 Å². The van der Waals surface area contributed by atoms with Crippen molar-refractivity contribution in [3.63, 3.8) is 0 Å². The van der Waals surface area contributed by atoms with Crippen molar-refractivity contribution in [1.29, 1.82) is 0 Å². The van der Waals surface area contributed by atoms with Crippen molar-refractivity contribution >= 4 is 11.5 Å². The second kappa shape index (κ2) is 5.22. The van der Waals surface area contributed by atoms with Crippen LogP contribution in [0.3, 0.4) is 0 Å². The Bertz CT molecular complexity index is 578. The number of rotatable bonds is 4. The molecule has 5 nitrogen and oxygen atoms in total. The minimum Gasteiger partial charge on any atom is -0.494 e. The highest BCUT2D eigenvalue weighted by Crippen LogP contribution is 2.33. The van der Waals surface area contributed by atoms with Crippen LogP contribution in [0.25, 0.3) is 0 Å². The molecule has 2 rings (SSSR count). The van der Waals surface area contributed by atoms with Crippen molar-refractivity contribution < 1.29 is 9.26 Å². The van der Waals surface area contributed by atoms with Gasteiger partial charge >= 0.3 is 0 Å². The van der Waals surface area contributed by atoms with E-state index < -0.39 is 0 Å². The number of nitrogen functional groups attached to an aromatic ring is 1. The second-order valence-corrected chi connectivity index (χ2v) is 4.71. The van der Waals surface area contributed by atoms with Crippen LogP contribution in [0, 0.1) is 13.8 Å². The summed E-state index contributed by atoms with van der Waals surface area (Å²) in [5.74, 6) is 2.00. The van der Waals surface area contributed by atoms with E-state index in [-0.39, 0.29) is 0 Å². The fourth-order valence-corrected chi connectivity index (χ4v) is 2.20. The molecule has 0 bridgehead atoms. The maximum Gasteiger partial charge on any atom is 0.167 e. The molecule has 2 N–H and O–H groups in total. The Morgan fingerprint density at radius 2 is 2.05 bits per heavy atom. The number of hydrogen-bond donors (Lipinski definition) is 1. The number of nitrogens with zero attached hydrogens (tertiary/aromatic N) is 2. The van der Waals surface area contributed by atoms with Crippen LogP contribution < -0.4 is 15.4 Å². The minimum atomic E-state index is 0.399. The molecule has 0 saturated heterocycles. The summed E-state index contributed by atoms with van der Waals surface area (Å²) < 4.78 is 10.6. The number of nitrogens with two attached hydrogens (primary N) is 1. The van der Waals surface area contributed by atoms with Crippen LogP contribution >= 0.6 is 0 Å². The van der Waals surface area contributed by atoms with Gasteiger partial charge in [0.15, 0.2) is 11.6 Å². The van der Waals surface area contributed by atoms with Gasteiger partial charge in [-0.3, -0.25) is 0 Å². The number of aryl methyl sites for hydroxylation is 2. The molecule has 0 saturated carbocycles. The Balaban J connectivity index is 2.30. The first-order valence-corrected chi connectivity index (χ1v) is 6.08. The summed E-state index contributed by atoms with van der Waals surface area (Å²) in [6.07, 6.45) is 0. The average molecular weight is 261 g/mol. The predicted octanol–water partition coefficient (Wildman–Crippen LogP) is 2.52. The van der Waals surface area contributed by atoms with Crippen LogP contribution in [-0.2, 0) is 6.54 Å². The first-order chi connectivity index (χ1) is 9.01. The molecule has 0 unspecified atom stereocenters. The highest BCUT2D eigenvalue weighted by molar-refractivity contribution is 5.63. The molecule has 19 heavy (non-hydrogen) atoms. The van der Waals surface area contributed by atoms with Crippen molar-refractivity contribution in [3.8, 4) is 5.75 Å².